The molecule has 0 aromatic carbocycles. The van der Waals surface area contributed by atoms with Crippen LogP contribution in [0.2, 0.25) is 0 Å². The SMILES string of the molecule is CC(=O)CC(=O)[O-].CC(=O)CC(=O)[O-].[CH2-]C.[Y+3]. The molecule has 6 nitrogen and oxygen atoms in total. The van der Waals surface area contributed by atoms with Crippen molar-refractivity contribution in [3.05, 3.63) is 6.92 Å². The molecule has 0 saturated carbocycles. The van der Waals surface area contributed by atoms with E-state index in [4.69, 9.17) is 0 Å². The van der Waals surface area contributed by atoms with Crippen molar-refractivity contribution in [2.24, 2.45) is 0 Å². The van der Waals surface area contributed by atoms with Gasteiger partial charge in [0.2, 0.25) is 0 Å². The molecule has 0 aliphatic rings. The largest absolute Gasteiger partial charge is 3.00 e. The van der Waals surface area contributed by atoms with Crippen LogP contribution in [0.1, 0.15) is 33.6 Å². The van der Waals surface area contributed by atoms with Crippen molar-refractivity contribution in [1.29, 1.82) is 0 Å². The zero-order chi connectivity index (χ0) is 13.7. The van der Waals surface area contributed by atoms with Crippen LogP contribution in [0, 0.1) is 6.92 Å². The average Bonchev–Trinajstić information content (AvgIpc) is 2.03. The molecule has 0 saturated heterocycles. The third kappa shape index (κ3) is 50.5. The third-order valence-corrected chi connectivity index (χ3v) is 0.787. The molecule has 0 radical (unpaired) electrons. The van der Waals surface area contributed by atoms with E-state index in [-0.39, 0.29) is 44.3 Å². The van der Waals surface area contributed by atoms with Crippen LogP contribution in [0.4, 0.5) is 0 Å². The van der Waals surface area contributed by atoms with Gasteiger partial charge < -0.3 is 26.7 Å². The fourth-order valence-electron chi connectivity index (χ4n) is 0.407. The predicted octanol–water partition coefficient (Wildman–Crippen LogP) is -1.73. The van der Waals surface area contributed by atoms with Crippen LogP contribution < -0.4 is 10.2 Å². The summed E-state index contributed by atoms with van der Waals surface area (Å²) in [5, 5.41) is 19.0. The molecular formula is C10H15O6Y. The Balaban J connectivity index is -0.0000000823. The Kier molecular flexibility index (Phi) is 26.4. The zero-order valence-corrected chi connectivity index (χ0v) is 13.0. The van der Waals surface area contributed by atoms with Crippen molar-refractivity contribution in [1.82, 2.24) is 0 Å². The van der Waals surface area contributed by atoms with E-state index < -0.39 is 24.8 Å². The minimum Gasteiger partial charge on any atom is -0.550 e. The summed E-state index contributed by atoms with van der Waals surface area (Å²) >= 11 is 0. The van der Waals surface area contributed by atoms with Gasteiger partial charge in [0.15, 0.2) is 0 Å². The van der Waals surface area contributed by atoms with E-state index in [0.29, 0.717) is 0 Å². The Hall–Kier alpha value is -0.616. The van der Waals surface area contributed by atoms with Crippen LogP contribution in [0.3, 0.4) is 0 Å². The summed E-state index contributed by atoms with van der Waals surface area (Å²) in [7, 11) is 0. The van der Waals surface area contributed by atoms with E-state index in [1.54, 1.807) is 6.92 Å². The Morgan fingerprint density at radius 3 is 1.00 bits per heavy atom. The Labute approximate surface area is 126 Å². The van der Waals surface area contributed by atoms with Crippen LogP contribution in [-0.4, -0.2) is 23.5 Å². The van der Waals surface area contributed by atoms with E-state index in [0.717, 1.165) is 0 Å². The zero-order valence-electron chi connectivity index (χ0n) is 10.1. The van der Waals surface area contributed by atoms with Crippen LogP contribution >= 0.6 is 0 Å². The maximum Gasteiger partial charge on any atom is 3.00 e. The van der Waals surface area contributed by atoms with Gasteiger partial charge in [0.05, 0.1) is 0 Å². The summed E-state index contributed by atoms with van der Waals surface area (Å²) < 4.78 is 0. The molecule has 0 aliphatic heterocycles. The van der Waals surface area contributed by atoms with Crippen molar-refractivity contribution >= 4 is 23.5 Å². The number of carbonyl (C=O) groups excluding carboxylic acids is 4. The number of Topliss-reactive ketones (excluding diaryl/α,β-unsaturated/α-hetero) is 2. The molecular weight excluding hydrogens is 305 g/mol. The van der Waals surface area contributed by atoms with E-state index in [1.807, 2.05) is 0 Å². The molecule has 0 N–H and O–H groups in total. The van der Waals surface area contributed by atoms with Crippen molar-refractivity contribution < 1.29 is 62.1 Å². The molecule has 0 unspecified atom stereocenters. The average molecular weight is 320 g/mol. The smallest absolute Gasteiger partial charge is 0.550 e. The molecule has 0 aromatic rings. The van der Waals surface area contributed by atoms with Crippen molar-refractivity contribution in [2.45, 2.75) is 33.6 Å². The molecule has 0 rings (SSSR count). The van der Waals surface area contributed by atoms with Gasteiger partial charge in [0, 0.05) is 24.8 Å². The standard InChI is InChI=1S/2C4H6O3.C2H5.Y/c2*1-3(5)2-4(6)7;1-2;/h2*2H2,1H3,(H,6,7);1H2,2H3;/q;;-1;+3/p-2. The van der Waals surface area contributed by atoms with Crippen molar-refractivity contribution in [2.75, 3.05) is 0 Å². The number of rotatable bonds is 4. The van der Waals surface area contributed by atoms with Gasteiger partial charge in [-0.2, -0.15) is 6.92 Å². The van der Waals surface area contributed by atoms with E-state index in [9.17, 15) is 29.4 Å². The summed E-state index contributed by atoms with van der Waals surface area (Å²) in [6.45, 7) is 7.41. The van der Waals surface area contributed by atoms with Gasteiger partial charge in [-0.15, -0.1) is 0 Å². The van der Waals surface area contributed by atoms with E-state index >= 15 is 0 Å². The van der Waals surface area contributed by atoms with Gasteiger partial charge >= 0.3 is 32.7 Å². The molecule has 0 spiro atoms. The first kappa shape index (κ1) is 25.3. The molecule has 94 valence electrons. The minimum absolute atomic E-state index is 0. The van der Waals surface area contributed by atoms with Crippen molar-refractivity contribution in [3.8, 4) is 0 Å². The molecule has 0 amide bonds. The fourth-order valence-corrected chi connectivity index (χ4v) is 0.407. The van der Waals surface area contributed by atoms with Crippen LogP contribution in [0.15, 0.2) is 0 Å². The topological polar surface area (TPSA) is 114 Å². The second-order valence-electron chi connectivity index (χ2n) is 2.50. The number of hydrogen-bond acceptors (Lipinski definition) is 6. The first-order chi connectivity index (χ1) is 7.25. The first-order valence-corrected chi connectivity index (χ1v) is 4.35. The third-order valence-electron chi connectivity index (χ3n) is 0.787. The second kappa shape index (κ2) is 17.8. The van der Waals surface area contributed by atoms with E-state index in [2.05, 4.69) is 6.92 Å². The molecule has 0 aliphatic carbocycles. The molecule has 0 fully saturated rings. The first-order valence-electron chi connectivity index (χ1n) is 4.35. The summed E-state index contributed by atoms with van der Waals surface area (Å²) in [4.78, 5) is 38.6. The van der Waals surface area contributed by atoms with Crippen molar-refractivity contribution in [3.63, 3.8) is 0 Å². The summed E-state index contributed by atoms with van der Waals surface area (Å²) in [5.41, 5.74) is 0. The number of hydrogen-bond donors (Lipinski definition) is 0. The quantitative estimate of drug-likeness (QED) is 0.449. The number of carboxylic acid groups (broad SMARTS) is 2. The summed E-state index contributed by atoms with van der Waals surface area (Å²) in [6.07, 6.45) is -0.944. The van der Waals surface area contributed by atoms with Crippen LogP contribution in [-0.2, 0) is 51.9 Å². The number of carboxylic acids is 2. The minimum atomic E-state index is -1.31. The maximum absolute atomic E-state index is 9.83. The molecule has 17 heavy (non-hydrogen) atoms. The fraction of sp³-hybridized carbons (Fsp3) is 0.500. The van der Waals surface area contributed by atoms with Gasteiger partial charge in [-0.3, -0.25) is 9.59 Å². The Bertz CT molecular complexity index is 199. The Morgan fingerprint density at radius 1 is 0.824 bits per heavy atom. The van der Waals surface area contributed by atoms with Crippen LogP contribution in [0.25, 0.3) is 0 Å². The molecule has 0 heterocycles. The number of carbonyl (C=O) groups is 4. The molecule has 0 bridgehead atoms. The van der Waals surface area contributed by atoms with Gasteiger partial charge in [-0.05, 0) is 13.8 Å². The molecule has 7 heteroatoms. The predicted molar refractivity (Wildman–Crippen MR) is 51.6 cm³/mol. The summed E-state index contributed by atoms with van der Waals surface area (Å²) in [5.74, 6) is -3.37. The number of ketones is 2. The van der Waals surface area contributed by atoms with Gasteiger partial charge in [0.1, 0.15) is 11.6 Å². The maximum atomic E-state index is 9.83. The second-order valence-corrected chi connectivity index (χ2v) is 2.50. The summed E-state index contributed by atoms with van der Waals surface area (Å²) in [6, 6.07) is 0. The van der Waals surface area contributed by atoms with Gasteiger partial charge in [-0.1, -0.05) is 0 Å². The van der Waals surface area contributed by atoms with Crippen LogP contribution in [0.5, 0.6) is 0 Å². The van der Waals surface area contributed by atoms with E-state index in [1.165, 1.54) is 13.8 Å². The normalized spacial score (nSPS) is 7.06. The van der Waals surface area contributed by atoms with Gasteiger partial charge in [0.25, 0.3) is 0 Å². The number of aliphatic carboxylic acids is 2. The molecule has 0 atom stereocenters. The molecule has 0 aromatic heterocycles. The monoisotopic (exact) mass is 320 g/mol. The Morgan fingerprint density at radius 2 is 1.00 bits per heavy atom. The van der Waals surface area contributed by atoms with Gasteiger partial charge in [-0.25, -0.2) is 0 Å².